The molecular weight excluding hydrogens is 436 g/mol. The lowest BCUT2D eigenvalue weighted by molar-refractivity contribution is -0.106. The molecule has 2 aliphatic rings. The Labute approximate surface area is 199 Å². The van der Waals surface area contributed by atoms with Gasteiger partial charge in [0, 0.05) is 28.1 Å². The standard InChI is InChI=1S/C26H32F2N2O.CH3NO/c1-4-18-12-13-26(18,3)22-14-17-6-5-7-20(24(17)31-22)21-15-30(29-23(21)25(27)28)19-10-8-16(2)9-11-19;2-1-3/h5-7,14-16,18-19,25H,4,8-13H2,1-3H3;1H,(H2,2,3)/t16?,18?,19?,26-;/m1./s1. The quantitative estimate of drug-likeness (QED) is 0.401. The Kier molecular flexibility index (Phi) is 7.10. The number of fused-ring (bicyclic) bond motifs is 1. The van der Waals surface area contributed by atoms with Gasteiger partial charge in [-0.1, -0.05) is 45.4 Å². The van der Waals surface area contributed by atoms with Gasteiger partial charge in [0.1, 0.15) is 17.0 Å². The average Bonchev–Trinajstić information content (AvgIpc) is 3.44. The lowest BCUT2D eigenvalue weighted by atomic mass is 9.59. The van der Waals surface area contributed by atoms with E-state index in [-0.39, 0.29) is 23.6 Å². The molecule has 0 bridgehead atoms. The van der Waals surface area contributed by atoms with Crippen molar-refractivity contribution in [3.8, 4) is 11.1 Å². The molecular formula is C27H35F2N3O2. The van der Waals surface area contributed by atoms with Gasteiger partial charge < -0.3 is 10.2 Å². The molecule has 2 aromatic heterocycles. The first kappa shape index (κ1) is 24.4. The molecule has 34 heavy (non-hydrogen) atoms. The van der Waals surface area contributed by atoms with Gasteiger partial charge in [-0.15, -0.1) is 0 Å². The van der Waals surface area contributed by atoms with Crippen molar-refractivity contribution >= 4 is 17.4 Å². The number of furan rings is 1. The van der Waals surface area contributed by atoms with Crippen LogP contribution in [-0.4, -0.2) is 16.2 Å². The molecule has 0 spiro atoms. The minimum absolute atomic E-state index is 0.0412. The van der Waals surface area contributed by atoms with Gasteiger partial charge in [0.15, 0.2) is 0 Å². The summed E-state index contributed by atoms with van der Waals surface area (Å²) < 4.78 is 36.2. The fourth-order valence-electron chi connectivity index (χ4n) is 5.79. The van der Waals surface area contributed by atoms with E-state index in [0.29, 0.717) is 23.0 Å². The first-order valence-corrected chi connectivity index (χ1v) is 12.4. The molecule has 2 heterocycles. The van der Waals surface area contributed by atoms with E-state index >= 15 is 0 Å². The highest BCUT2D eigenvalue weighted by atomic mass is 19.3. The topological polar surface area (TPSA) is 74.1 Å². The van der Waals surface area contributed by atoms with E-state index in [4.69, 9.17) is 9.21 Å². The summed E-state index contributed by atoms with van der Waals surface area (Å²) in [6.07, 6.45) is 7.17. The molecule has 0 radical (unpaired) electrons. The van der Waals surface area contributed by atoms with E-state index in [2.05, 4.69) is 37.7 Å². The van der Waals surface area contributed by atoms with Gasteiger partial charge in [-0.2, -0.15) is 5.10 Å². The van der Waals surface area contributed by atoms with E-state index in [1.54, 1.807) is 4.68 Å². The largest absolute Gasteiger partial charge is 0.460 e. The molecule has 0 aliphatic heterocycles. The van der Waals surface area contributed by atoms with Crippen molar-refractivity contribution in [1.29, 1.82) is 0 Å². The molecule has 7 heteroatoms. The van der Waals surface area contributed by atoms with Crippen LogP contribution in [0.2, 0.25) is 0 Å². The van der Waals surface area contributed by atoms with Crippen LogP contribution >= 0.6 is 0 Å². The van der Waals surface area contributed by atoms with Crippen LogP contribution in [0.4, 0.5) is 8.78 Å². The van der Waals surface area contributed by atoms with Crippen molar-refractivity contribution in [2.45, 2.75) is 83.6 Å². The molecule has 5 nitrogen and oxygen atoms in total. The molecule has 0 saturated heterocycles. The predicted octanol–water partition coefficient (Wildman–Crippen LogP) is 7.16. The number of carbonyl (C=O) groups is 1. The monoisotopic (exact) mass is 471 g/mol. The van der Waals surface area contributed by atoms with E-state index in [1.807, 2.05) is 24.4 Å². The lowest BCUT2D eigenvalue weighted by Crippen LogP contribution is -2.40. The number of nitrogens with two attached hydrogens (primary N) is 1. The maximum Gasteiger partial charge on any atom is 0.282 e. The number of benzene rings is 1. The van der Waals surface area contributed by atoms with Crippen LogP contribution in [0, 0.1) is 11.8 Å². The van der Waals surface area contributed by atoms with E-state index in [1.165, 1.54) is 6.42 Å². The van der Waals surface area contributed by atoms with Crippen molar-refractivity contribution in [2.75, 3.05) is 0 Å². The molecule has 2 saturated carbocycles. The summed E-state index contributed by atoms with van der Waals surface area (Å²) in [6.45, 7) is 6.76. The fraction of sp³-hybridized carbons (Fsp3) is 0.556. The summed E-state index contributed by atoms with van der Waals surface area (Å²) in [7, 11) is 0. The van der Waals surface area contributed by atoms with Crippen molar-refractivity contribution in [1.82, 2.24) is 9.78 Å². The van der Waals surface area contributed by atoms with Crippen LogP contribution in [0.15, 0.2) is 34.9 Å². The van der Waals surface area contributed by atoms with Crippen molar-refractivity contribution in [3.63, 3.8) is 0 Å². The summed E-state index contributed by atoms with van der Waals surface area (Å²) in [4.78, 5) is 8.58. The normalized spacial score (nSPS) is 26.7. The highest BCUT2D eigenvalue weighted by Gasteiger charge is 2.45. The van der Waals surface area contributed by atoms with Crippen LogP contribution in [0.1, 0.15) is 89.6 Å². The van der Waals surface area contributed by atoms with Crippen molar-refractivity contribution in [3.05, 3.63) is 41.9 Å². The number of hydrogen-bond donors (Lipinski definition) is 1. The molecule has 2 aliphatic carbocycles. The summed E-state index contributed by atoms with van der Waals surface area (Å²) in [5.74, 6) is 2.31. The Morgan fingerprint density at radius 3 is 2.53 bits per heavy atom. The molecule has 1 unspecified atom stereocenters. The summed E-state index contributed by atoms with van der Waals surface area (Å²) in [5, 5.41) is 5.36. The number of primary amides is 1. The Balaban J connectivity index is 0.000000868. The van der Waals surface area contributed by atoms with Gasteiger partial charge in [0.05, 0.1) is 6.04 Å². The van der Waals surface area contributed by atoms with Gasteiger partial charge in [0.25, 0.3) is 6.43 Å². The average molecular weight is 472 g/mol. The van der Waals surface area contributed by atoms with Crippen LogP contribution in [0.5, 0.6) is 0 Å². The fourth-order valence-corrected chi connectivity index (χ4v) is 5.79. The lowest BCUT2D eigenvalue weighted by Gasteiger charge is -2.45. The summed E-state index contributed by atoms with van der Waals surface area (Å²) in [6, 6.07) is 8.17. The third kappa shape index (κ3) is 4.37. The third-order valence-electron chi connectivity index (χ3n) is 8.13. The molecule has 5 rings (SSSR count). The summed E-state index contributed by atoms with van der Waals surface area (Å²) >= 11 is 0. The molecule has 1 amide bonds. The number of halogens is 2. The highest BCUT2D eigenvalue weighted by Crippen LogP contribution is 2.52. The van der Waals surface area contributed by atoms with E-state index in [9.17, 15) is 8.78 Å². The first-order chi connectivity index (χ1) is 16.3. The van der Waals surface area contributed by atoms with Crippen molar-refractivity contribution in [2.24, 2.45) is 17.6 Å². The third-order valence-corrected chi connectivity index (χ3v) is 8.13. The molecule has 2 N–H and O–H groups in total. The number of aromatic nitrogens is 2. The number of para-hydroxylation sites is 1. The molecule has 1 aromatic carbocycles. The SMILES string of the molecule is CCC1CC[C@@]1(C)c1cc2cccc(-c3cn(C4CCC(C)CC4)nc3C(F)F)c2o1.NC=O. The Morgan fingerprint density at radius 2 is 1.94 bits per heavy atom. The highest BCUT2D eigenvalue weighted by molar-refractivity contribution is 5.93. The maximum absolute atomic E-state index is 14.0. The van der Waals surface area contributed by atoms with Gasteiger partial charge in [-0.25, -0.2) is 8.78 Å². The Hall–Kier alpha value is -2.70. The number of rotatable bonds is 5. The number of hydrogen-bond acceptors (Lipinski definition) is 3. The molecule has 3 aromatic rings. The smallest absolute Gasteiger partial charge is 0.282 e. The van der Waals surface area contributed by atoms with Crippen LogP contribution < -0.4 is 5.73 Å². The second-order valence-corrected chi connectivity index (χ2v) is 10.2. The number of carbonyl (C=O) groups excluding carboxylic acids is 1. The zero-order chi connectivity index (χ0) is 24.5. The Bertz CT molecular complexity index is 1130. The van der Waals surface area contributed by atoms with Gasteiger partial charge in [-0.3, -0.25) is 9.48 Å². The summed E-state index contributed by atoms with van der Waals surface area (Å²) in [5.41, 5.74) is 6.01. The van der Waals surface area contributed by atoms with Crippen LogP contribution in [-0.2, 0) is 10.2 Å². The zero-order valence-corrected chi connectivity index (χ0v) is 20.3. The Morgan fingerprint density at radius 1 is 1.24 bits per heavy atom. The van der Waals surface area contributed by atoms with Crippen LogP contribution in [0.3, 0.4) is 0 Å². The maximum atomic E-state index is 14.0. The second-order valence-electron chi connectivity index (χ2n) is 10.2. The second kappa shape index (κ2) is 9.88. The van der Waals surface area contributed by atoms with Gasteiger partial charge in [-0.05, 0) is 56.4 Å². The zero-order valence-electron chi connectivity index (χ0n) is 20.3. The number of nitrogens with zero attached hydrogens (tertiary/aromatic N) is 2. The predicted molar refractivity (Wildman–Crippen MR) is 130 cm³/mol. The number of amides is 1. The van der Waals surface area contributed by atoms with E-state index in [0.717, 1.165) is 55.2 Å². The van der Waals surface area contributed by atoms with E-state index < -0.39 is 6.43 Å². The molecule has 184 valence electrons. The van der Waals surface area contributed by atoms with Crippen LogP contribution in [0.25, 0.3) is 22.1 Å². The van der Waals surface area contributed by atoms with Gasteiger partial charge in [0.2, 0.25) is 6.41 Å². The van der Waals surface area contributed by atoms with Gasteiger partial charge >= 0.3 is 0 Å². The number of alkyl halides is 2. The first-order valence-electron chi connectivity index (χ1n) is 12.4. The minimum atomic E-state index is -2.61. The minimum Gasteiger partial charge on any atom is -0.460 e. The molecule has 2 atom stereocenters. The van der Waals surface area contributed by atoms with Crippen molar-refractivity contribution < 1.29 is 18.0 Å². The molecule has 2 fully saturated rings.